The predicted octanol–water partition coefficient (Wildman–Crippen LogP) is 2.55. The molecular weight excluding hydrogens is 230 g/mol. The summed E-state index contributed by atoms with van der Waals surface area (Å²) in [5.41, 5.74) is -0.105. The number of hydrogen-bond acceptors (Lipinski definition) is 5. The molecule has 1 aromatic rings. The van der Waals surface area contributed by atoms with E-state index in [1.54, 1.807) is 0 Å². The molecule has 0 saturated carbocycles. The molecule has 0 amide bonds. The summed E-state index contributed by atoms with van der Waals surface area (Å²) in [5.74, 6) is 1.37. The highest BCUT2D eigenvalue weighted by molar-refractivity contribution is 5.07. The van der Waals surface area contributed by atoms with Gasteiger partial charge in [0.25, 0.3) is 0 Å². The van der Waals surface area contributed by atoms with Crippen LogP contribution in [0.4, 0.5) is 0 Å². The fraction of sp³-hybridized carbons (Fsp3) is 0.846. The molecule has 0 aromatic carbocycles. The molecule has 5 nitrogen and oxygen atoms in total. The number of nitrogens with zero attached hydrogens (tertiary/aromatic N) is 2. The summed E-state index contributed by atoms with van der Waals surface area (Å²) >= 11 is 0. The fourth-order valence-corrected chi connectivity index (χ4v) is 2.65. The number of hydrogen-bond donors (Lipinski definition) is 1. The van der Waals surface area contributed by atoms with Crippen molar-refractivity contribution in [3.8, 4) is 0 Å². The van der Waals surface area contributed by atoms with Crippen molar-refractivity contribution in [2.24, 2.45) is 0 Å². The van der Waals surface area contributed by atoms with E-state index in [1.807, 2.05) is 13.8 Å². The second kappa shape index (κ2) is 5.80. The molecule has 1 fully saturated rings. The van der Waals surface area contributed by atoms with Crippen LogP contribution in [0.3, 0.4) is 0 Å². The van der Waals surface area contributed by atoms with Gasteiger partial charge in [0, 0.05) is 6.61 Å². The molecule has 2 unspecified atom stereocenters. The molecule has 0 spiro atoms. The quantitative estimate of drug-likeness (QED) is 0.844. The minimum atomic E-state index is -0.105. The van der Waals surface area contributed by atoms with Gasteiger partial charge >= 0.3 is 0 Å². The highest BCUT2D eigenvalue weighted by atomic mass is 16.5. The van der Waals surface area contributed by atoms with E-state index in [1.165, 1.54) is 6.42 Å². The molecule has 1 aromatic heterocycles. The Hall–Kier alpha value is -0.940. The molecule has 0 radical (unpaired) electrons. The first kappa shape index (κ1) is 13.5. The molecule has 102 valence electrons. The van der Waals surface area contributed by atoms with Gasteiger partial charge in [-0.15, -0.1) is 0 Å². The minimum absolute atomic E-state index is 0.104. The maximum absolute atomic E-state index is 5.49. The molecule has 5 heteroatoms. The first-order valence-corrected chi connectivity index (χ1v) is 6.92. The van der Waals surface area contributed by atoms with Gasteiger partial charge in [-0.25, -0.2) is 0 Å². The first-order chi connectivity index (χ1) is 8.72. The van der Waals surface area contributed by atoms with Crippen LogP contribution >= 0.6 is 0 Å². The molecule has 2 atom stereocenters. The van der Waals surface area contributed by atoms with Gasteiger partial charge in [0.1, 0.15) is 6.10 Å². The maximum atomic E-state index is 5.49. The van der Waals surface area contributed by atoms with Crippen LogP contribution in [0.25, 0.3) is 0 Å². The fourth-order valence-electron chi connectivity index (χ4n) is 2.65. The lowest BCUT2D eigenvalue weighted by atomic mass is 9.92. The monoisotopic (exact) mass is 253 g/mol. The van der Waals surface area contributed by atoms with Crippen molar-refractivity contribution in [3.63, 3.8) is 0 Å². The Morgan fingerprint density at radius 3 is 2.94 bits per heavy atom. The highest BCUT2D eigenvalue weighted by Gasteiger charge is 2.40. The minimum Gasteiger partial charge on any atom is -0.371 e. The highest BCUT2D eigenvalue weighted by Crippen LogP contribution is 2.34. The lowest BCUT2D eigenvalue weighted by Gasteiger charge is -2.24. The first-order valence-electron chi connectivity index (χ1n) is 6.92. The molecule has 1 saturated heterocycles. The average Bonchev–Trinajstić information content (AvgIpc) is 2.98. The van der Waals surface area contributed by atoms with Crippen LogP contribution in [-0.4, -0.2) is 23.3 Å². The van der Waals surface area contributed by atoms with Gasteiger partial charge < -0.3 is 14.6 Å². The van der Waals surface area contributed by atoms with E-state index in [0.29, 0.717) is 12.4 Å². The van der Waals surface area contributed by atoms with Gasteiger partial charge in [-0.05, 0) is 39.7 Å². The van der Waals surface area contributed by atoms with Gasteiger partial charge in [0.2, 0.25) is 5.89 Å². The number of aromatic nitrogens is 2. The summed E-state index contributed by atoms with van der Waals surface area (Å²) in [4.78, 5) is 4.54. The molecular formula is C13H23N3O2. The Kier molecular flexibility index (Phi) is 4.35. The van der Waals surface area contributed by atoms with E-state index in [4.69, 9.17) is 9.26 Å². The van der Waals surface area contributed by atoms with Crippen LogP contribution in [0.2, 0.25) is 0 Å². The zero-order valence-corrected chi connectivity index (χ0v) is 11.5. The van der Waals surface area contributed by atoms with Gasteiger partial charge in [0.05, 0.1) is 5.54 Å². The third-order valence-electron chi connectivity index (χ3n) is 3.55. The van der Waals surface area contributed by atoms with Gasteiger partial charge in [-0.2, -0.15) is 4.98 Å². The van der Waals surface area contributed by atoms with Crippen LogP contribution in [0.15, 0.2) is 4.52 Å². The van der Waals surface area contributed by atoms with E-state index in [9.17, 15) is 0 Å². The van der Waals surface area contributed by atoms with Crippen molar-refractivity contribution in [2.45, 2.75) is 58.1 Å². The molecule has 1 N–H and O–H groups in total. The normalized spacial score (nSPS) is 25.5. The number of nitrogens with one attached hydrogen (secondary N) is 1. The smallest absolute Gasteiger partial charge is 0.247 e. The Morgan fingerprint density at radius 1 is 1.50 bits per heavy atom. The van der Waals surface area contributed by atoms with Crippen LogP contribution in [-0.2, 0) is 10.3 Å². The molecule has 1 aliphatic rings. The van der Waals surface area contributed by atoms with Crippen molar-refractivity contribution >= 4 is 0 Å². The maximum Gasteiger partial charge on any atom is 0.247 e. The number of rotatable bonds is 6. The van der Waals surface area contributed by atoms with Crippen LogP contribution in [0, 0.1) is 0 Å². The summed E-state index contributed by atoms with van der Waals surface area (Å²) in [6.07, 6.45) is 4.28. The summed E-state index contributed by atoms with van der Waals surface area (Å²) in [6, 6.07) is 0. The second-order valence-electron chi connectivity index (χ2n) is 4.92. The Bertz CT molecular complexity index is 372. The Labute approximate surface area is 108 Å². The van der Waals surface area contributed by atoms with Crippen molar-refractivity contribution in [1.82, 2.24) is 15.5 Å². The Balaban J connectivity index is 2.16. The largest absolute Gasteiger partial charge is 0.371 e. The average molecular weight is 253 g/mol. The summed E-state index contributed by atoms with van der Waals surface area (Å²) in [6.45, 7) is 7.78. The van der Waals surface area contributed by atoms with Gasteiger partial charge in [-0.1, -0.05) is 18.5 Å². The molecule has 0 aliphatic carbocycles. The third kappa shape index (κ3) is 2.57. The molecule has 2 rings (SSSR count). The van der Waals surface area contributed by atoms with Crippen molar-refractivity contribution in [2.75, 3.05) is 13.2 Å². The molecule has 18 heavy (non-hydrogen) atoms. The predicted molar refractivity (Wildman–Crippen MR) is 68.2 cm³/mol. The van der Waals surface area contributed by atoms with Crippen LogP contribution in [0.1, 0.15) is 64.3 Å². The standard InChI is InChI=1S/C13H23N3O2/c1-4-7-13(8-6-9-14-13)12-15-11(16-18-12)10(3)17-5-2/h10,14H,4-9H2,1-3H3. The van der Waals surface area contributed by atoms with Gasteiger partial charge in [-0.3, -0.25) is 0 Å². The third-order valence-corrected chi connectivity index (χ3v) is 3.55. The topological polar surface area (TPSA) is 60.2 Å². The lowest BCUT2D eigenvalue weighted by Crippen LogP contribution is -2.37. The summed E-state index contributed by atoms with van der Waals surface area (Å²) < 4.78 is 11.0. The molecule has 2 heterocycles. The van der Waals surface area contributed by atoms with Crippen molar-refractivity contribution in [3.05, 3.63) is 11.7 Å². The molecule has 0 bridgehead atoms. The van der Waals surface area contributed by atoms with Crippen LogP contribution in [0.5, 0.6) is 0 Å². The van der Waals surface area contributed by atoms with E-state index >= 15 is 0 Å². The SMILES string of the molecule is CCCC1(c2nc(C(C)OCC)no2)CCCN1. The van der Waals surface area contributed by atoms with E-state index < -0.39 is 0 Å². The van der Waals surface area contributed by atoms with E-state index in [-0.39, 0.29) is 11.6 Å². The lowest BCUT2D eigenvalue weighted by molar-refractivity contribution is 0.0683. The number of ether oxygens (including phenoxy) is 1. The second-order valence-corrected chi connectivity index (χ2v) is 4.92. The Morgan fingerprint density at radius 2 is 2.33 bits per heavy atom. The summed E-state index contributed by atoms with van der Waals surface area (Å²) in [7, 11) is 0. The summed E-state index contributed by atoms with van der Waals surface area (Å²) in [5, 5.41) is 7.59. The van der Waals surface area contributed by atoms with Gasteiger partial charge in [0.15, 0.2) is 5.82 Å². The van der Waals surface area contributed by atoms with Crippen molar-refractivity contribution < 1.29 is 9.26 Å². The zero-order valence-electron chi connectivity index (χ0n) is 11.5. The van der Waals surface area contributed by atoms with Crippen molar-refractivity contribution in [1.29, 1.82) is 0 Å². The van der Waals surface area contributed by atoms with E-state index in [0.717, 1.165) is 31.7 Å². The molecule has 1 aliphatic heterocycles. The zero-order chi connectivity index (χ0) is 13.0. The van der Waals surface area contributed by atoms with Crippen LogP contribution < -0.4 is 5.32 Å². The van der Waals surface area contributed by atoms with E-state index in [2.05, 4.69) is 22.4 Å².